The number of nitrogens with zero attached hydrogens (tertiary/aromatic N) is 3. The van der Waals surface area contributed by atoms with Gasteiger partial charge in [0.25, 0.3) is 0 Å². The number of hydrazone groups is 1. The van der Waals surface area contributed by atoms with E-state index >= 15 is 0 Å². The molecule has 0 atom stereocenters. The number of rotatable bonds is 6. The number of benzene rings is 1. The van der Waals surface area contributed by atoms with Crippen molar-refractivity contribution in [2.45, 2.75) is 13.8 Å². The summed E-state index contributed by atoms with van der Waals surface area (Å²) in [5, 5.41) is 14.9. The van der Waals surface area contributed by atoms with Crippen LogP contribution in [0.1, 0.15) is 18.2 Å². The molecule has 0 bridgehead atoms. The Bertz CT molecular complexity index is 684. The zero-order chi connectivity index (χ0) is 15.9. The summed E-state index contributed by atoms with van der Waals surface area (Å²) in [6, 6.07) is 10.3. The van der Waals surface area contributed by atoms with Gasteiger partial charge in [-0.3, -0.25) is 15.5 Å². The molecule has 0 amide bonds. The molecule has 114 valence electrons. The van der Waals surface area contributed by atoms with Crippen molar-refractivity contribution in [1.29, 1.82) is 0 Å². The maximum atomic E-state index is 10.9. The largest absolute Gasteiger partial charge is 0.494 e. The molecule has 0 aliphatic carbocycles. The summed E-state index contributed by atoms with van der Waals surface area (Å²) in [5.41, 5.74) is 4.00. The Labute approximate surface area is 127 Å². The molecule has 0 aliphatic rings. The first kappa shape index (κ1) is 15.4. The van der Waals surface area contributed by atoms with Gasteiger partial charge < -0.3 is 4.74 Å². The molecular formula is C15H16N4O3. The standard InChI is InChI=1S/C15H16N4O3/c1-3-22-13-7-5-12(6-8-13)10-16-18-15-14(19(20)21)9-4-11(2)17-15/h4-10H,3H2,1-2H3,(H,17,18)/b16-10-. The average molecular weight is 300 g/mol. The van der Waals surface area contributed by atoms with Crippen molar-refractivity contribution in [2.75, 3.05) is 12.0 Å². The maximum absolute atomic E-state index is 10.9. The number of pyridine rings is 1. The number of aryl methyl sites for hydroxylation is 1. The van der Waals surface area contributed by atoms with Crippen molar-refractivity contribution < 1.29 is 9.66 Å². The van der Waals surface area contributed by atoms with Crippen molar-refractivity contribution in [3.05, 3.63) is 57.8 Å². The number of aromatic nitrogens is 1. The van der Waals surface area contributed by atoms with Crippen LogP contribution in [0.3, 0.4) is 0 Å². The van der Waals surface area contributed by atoms with Gasteiger partial charge in [0, 0.05) is 11.8 Å². The molecule has 2 rings (SSSR count). The fourth-order valence-electron chi connectivity index (χ4n) is 1.76. The van der Waals surface area contributed by atoms with E-state index in [1.165, 1.54) is 6.07 Å². The summed E-state index contributed by atoms with van der Waals surface area (Å²) >= 11 is 0. The Morgan fingerprint density at radius 1 is 1.32 bits per heavy atom. The highest BCUT2D eigenvalue weighted by molar-refractivity contribution is 5.80. The second kappa shape index (κ2) is 7.16. The van der Waals surface area contributed by atoms with Gasteiger partial charge in [-0.05, 0) is 49.7 Å². The summed E-state index contributed by atoms with van der Waals surface area (Å²) < 4.78 is 5.34. The van der Waals surface area contributed by atoms with Gasteiger partial charge in [0.1, 0.15) is 5.75 Å². The molecule has 22 heavy (non-hydrogen) atoms. The number of nitrogens with one attached hydrogen (secondary N) is 1. The molecule has 0 saturated heterocycles. The lowest BCUT2D eigenvalue weighted by Gasteiger charge is -2.03. The minimum absolute atomic E-state index is 0.116. The van der Waals surface area contributed by atoms with Crippen LogP contribution in [0.2, 0.25) is 0 Å². The maximum Gasteiger partial charge on any atom is 0.313 e. The Hall–Kier alpha value is -2.96. The van der Waals surface area contributed by atoms with E-state index in [0.717, 1.165) is 11.3 Å². The number of hydrogen-bond acceptors (Lipinski definition) is 6. The molecule has 1 aromatic heterocycles. The van der Waals surface area contributed by atoms with Crippen LogP contribution in [0.25, 0.3) is 0 Å². The summed E-state index contributed by atoms with van der Waals surface area (Å²) in [6.07, 6.45) is 1.56. The second-order valence-electron chi connectivity index (χ2n) is 4.45. The zero-order valence-corrected chi connectivity index (χ0v) is 12.3. The van der Waals surface area contributed by atoms with Gasteiger partial charge in [-0.15, -0.1) is 0 Å². The van der Waals surface area contributed by atoms with Crippen LogP contribution in [0.15, 0.2) is 41.5 Å². The topological polar surface area (TPSA) is 89.7 Å². The van der Waals surface area contributed by atoms with Crippen LogP contribution < -0.4 is 10.2 Å². The molecule has 7 nitrogen and oxygen atoms in total. The van der Waals surface area contributed by atoms with E-state index in [1.807, 2.05) is 31.2 Å². The third-order valence-corrected chi connectivity index (χ3v) is 2.79. The number of ether oxygens (including phenoxy) is 1. The minimum Gasteiger partial charge on any atom is -0.494 e. The predicted molar refractivity (Wildman–Crippen MR) is 84.5 cm³/mol. The summed E-state index contributed by atoms with van der Waals surface area (Å²) in [6.45, 7) is 4.28. The van der Waals surface area contributed by atoms with E-state index in [9.17, 15) is 10.1 Å². The molecule has 0 spiro atoms. The first-order valence-corrected chi connectivity index (χ1v) is 6.74. The quantitative estimate of drug-likeness (QED) is 0.503. The van der Waals surface area contributed by atoms with Gasteiger partial charge in [-0.2, -0.15) is 5.10 Å². The molecule has 0 unspecified atom stereocenters. The molecule has 1 N–H and O–H groups in total. The molecule has 7 heteroatoms. The fourth-order valence-corrected chi connectivity index (χ4v) is 1.76. The third-order valence-electron chi connectivity index (χ3n) is 2.79. The Morgan fingerprint density at radius 2 is 2.05 bits per heavy atom. The van der Waals surface area contributed by atoms with E-state index in [1.54, 1.807) is 19.2 Å². The van der Waals surface area contributed by atoms with Crippen molar-refractivity contribution in [3.63, 3.8) is 0 Å². The van der Waals surface area contributed by atoms with Gasteiger partial charge in [0.15, 0.2) is 0 Å². The van der Waals surface area contributed by atoms with E-state index < -0.39 is 4.92 Å². The van der Waals surface area contributed by atoms with Crippen LogP contribution in [0.4, 0.5) is 11.5 Å². The fraction of sp³-hybridized carbons (Fsp3) is 0.200. The molecule has 1 heterocycles. The van der Waals surface area contributed by atoms with Crippen LogP contribution in [0, 0.1) is 17.0 Å². The Morgan fingerprint density at radius 3 is 2.68 bits per heavy atom. The van der Waals surface area contributed by atoms with Crippen LogP contribution in [-0.4, -0.2) is 22.7 Å². The molecule has 1 aromatic carbocycles. The van der Waals surface area contributed by atoms with Crippen molar-refractivity contribution in [2.24, 2.45) is 5.10 Å². The molecule has 0 fully saturated rings. The van der Waals surface area contributed by atoms with Gasteiger partial charge in [0.05, 0.1) is 17.7 Å². The smallest absolute Gasteiger partial charge is 0.313 e. The van der Waals surface area contributed by atoms with Crippen molar-refractivity contribution >= 4 is 17.7 Å². The summed E-state index contributed by atoms with van der Waals surface area (Å²) in [5.74, 6) is 0.899. The van der Waals surface area contributed by atoms with Crippen LogP contribution >= 0.6 is 0 Å². The average Bonchev–Trinajstić information content (AvgIpc) is 2.49. The molecule has 0 radical (unpaired) electrons. The van der Waals surface area contributed by atoms with Gasteiger partial charge in [-0.1, -0.05) is 0 Å². The highest BCUT2D eigenvalue weighted by Crippen LogP contribution is 2.21. The van der Waals surface area contributed by atoms with E-state index in [2.05, 4.69) is 15.5 Å². The third kappa shape index (κ3) is 4.02. The molecular weight excluding hydrogens is 284 g/mol. The first-order chi connectivity index (χ1) is 10.6. The van der Waals surface area contributed by atoms with Crippen molar-refractivity contribution in [1.82, 2.24) is 4.98 Å². The highest BCUT2D eigenvalue weighted by atomic mass is 16.6. The van der Waals surface area contributed by atoms with Gasteiger partial charge >= 0.3 is 5.69 Å². The molecule has 0 aliphatic heterocycles. The highest BCUT2D eigenvalue weighted by Gasteiger charge is 2.14. The number of anilines is 1. The predicted octanol–water partition coefficient (Wildman–Crippen LogP) is 3.14. The van der Waals surface area contributed by atoms with Crippen LogP contribution in [-0.2, 0) is 0 Å². The molecule has 0 saturated carbocycles. The Balaban J connectivity index is 2.09. The van der Waals surface area contributed by atoms with E-state index in [-0.39, 0.29) is 11.5 Å². The second-order valence-corrected chi connectivity index (χ2v) is 4.45. The monoisotopic (exact) mass is 300 g/mol. The minimum atomic E-state index is -0.499. The van der Waals surface area contributed by atoms with Crippen molar-refractivity contribution in [3.8, 4) is 5.75 Å². The lowest BCUT2D eigenvalue weighted by Crippen LogP contribution is -2.00. The summed E-state index contributed by atoms with van der Waals surface area (Å²) in [7, 11) is 0. The van der Waals surface area contributed by atoms with E-state index in [4.69, 9.17) is 4.74 Å². The van der Waals surface area contributed by atoms with Gasteiger partial charge in [0.2, 0.25) is 5.82 Å². The van der Waals surface area contributed by atoms with Crippen LogP contribution in [0.5, 0.6) is 5.75 Å². The first-order valence-electron chi connectivity index (χ1n) is 6.74. The number of nitro groups is 1. The Kier molecular flexibility index (Phi) is 5.02. The van der Waals surface area contributed by atoms with Gasteiger partial charge in [-0.25, -0.2) is 4.98 Å². The normalized spacial score (nSPS) is 10.6. The lowest BCUT2D eigenvalue weighted by atomic mass is 10.2. The lowest BCUT2D eigenvalue weighted by molar-refractivity contribution is -0.384. The van der Waals surface area contributed by atoms with E-state index in [0.29, 0.717) is 12.3 Å². The number of hydrogen-bond donors (Lipinski definition) is 1. The zero-order valence-electron chi connectivity index (χ0n) is 12.3. The summed E-state index contributed by atoms with van der Waals surface area (Å²) in [4.78, 5) is 14.5. The SMILES string of the molecule is CCOc1ccc(/C=N\Nc2nc(C)ccc2[N+](=O)[O-])cc1. The molecule has 2 aromatic rings.